The predicted molar refractivity (Wildman–Crippen MR) is 132 cm³/mol. The van der Waals surface area contributed by atoms with Gasteiger partial charge in [-0.05, 0) is 67.0 Å². The molecule has 1 aliphatic heterocycles. The molecule has 7 heteroatoms. The van der Waals surface area contributed by atoms with E-state index in [-0.39, 0.29) is 23.6 Å². The number of carbonyl (C=O) groups is 1. The van der Waals surface area contributed by atoms with Gasteiger partial charge in [-0.2, -0.15) is 0 Å². The maximum absolute atomic E-state index is 13.0. The van der Waals surface area contributed by atoms with E-state index in [1.54, 1.807) is 7.11 Å². The minimum Gasteiger partial charge on any atom is -0.496 e. The van der Waals surface area contributed by atoms with Gasteiger partial charge in [-0.3, -0.25) is 4.79 Å². The molecule has 1 saturated heterocycles. The summed E-state index contributed by atoms with van der Waals surface area (Å²) < 4.78 is 32.6. The highest BCUT2D eigenvalue weighted by molar-refractivity contribution is 7.88. The molecule has 1 atom stereocenters. The van der Waals surface area contributed by atoms with Gasteiger partial charge < -0.3 is 10.1 Å². The Bertz CT molecular complexity index is 1060. The van der Waals surface area contributed by atoms with Gasteiger partial charge in [0, 0.05) is 19.0 Å². The van der Waals surface area contributed by atoms with E-state index in [0.29, 0.717) is 31.8 Å². The lowest BCUT2D eigenvalue weighted by atomic mass is 9.92. The highest BCUT2D eigenvalue weighted by Gasteiger charge is 2.31. The average molecular weight is 473 g/mol. The summed E-state index contributed by atoms with van der Waals surface area (Å²) >= 11 is 0. The lowest BCUT2D eigenvalue weighted by Gasteiger charge is -2.31. The third-order valence-corrected chi connectivity index (χ3v) is 8.33. The number of rotatable bonds is 8. The predicted octanol–water partition coefficient (Wildman–Crippen LogP) is 4.55. The summed E-state index contributed by atoms with van der Waals surface area (Å²) in [5.74, 6) is 0.984. The molecule has 0 spiro atoms. The van der Waals surface area contributed by atoms with Crippen LogP contribution in [0.2, 0.25) is 0 Å². The molecule has 0 unspecified atom stereocenters. The van der Waals surface area contributed by atoms with Crippen molar-refractivity contribution in [3.05, 3.63) is 64.7 Å². The van der Waals surface area contributed by atoms with Crippen LogP contribution < -0.4 is 10.1 Å². The summed E-state index contributed by atoms with van der Waals surface area (Å²) in [5, 5.41) is 3.16. The second kappa shape index (κ2) is 10.7. The number of carbonyl (C=O) groups excluding carboxylic acids is 1. The zero-order chi connectivity index (χ0) is 24.2. The van der Waals surface area contributed by atoms with Crippen molar-refractivity contribution in [3.63, 3.8) is 0 Å². The summed E-state index contributed by atoms with van der Waals surface area (Å²) in [6, 6.07) is 13.2. The molecule has 1 fully saturated rings. The fraction of sp³-hybridized carbons (Fsp3) is 0.500. The van der Waals surface area contributed by atoms with Gasteiger partial charge in [-0.15, -0.1) is 0 Å². The molecule has 0 radical (unpaired) electrons. The molecule has 33 heavy (non-hydrogen) atoms. The van der Waals surface area contributed by atoms with Crippen LogP contribution in [0.1, 0.15) is 67.8 Å². The van der Waals surface area contributed by atoms with E-state index in [2.05, 4.69) is 25.2 Å². The Kier molecular flexibility index (Phi) is 8.19. The maximum atomic E-state index is 13.0. The fourth-order valence-corrected chi connectivity index (χ4v) is 6.05. The molecule has 0 aromatic heterocycles. The highest BCUT2D eigenvalue weighted by atomic mass is 32.2. The van der Waals surface area contributed by atoms with Crippen molar-refractivity contribution in [2.75, 3.05) is 20.2 Å². The topological polar surface area (TPSA) is 75.7 Å². The van der Waals surface area contributed by atoms with Gasteiger partial charge in [0.25, 0.3) is 0 Å². The van der Waals surface area contributed by atoms with E-state index in [0.717, 1.165) is 28.0 Å². The first-order valence-electron chi connectivity index (χ1n) is 11.6. The molecule has 180 valence electrons. The largest absolute Gasteiger partial charge is 0.496 e. The molecule has 6 nitrogen and oxygen atoms in total. The van der Waals surface area contributed by atoms with E-state index in [1.165, 1.54) is 4.31 Å². The molecule has 3 rings (SSSR count). The number of piperidine rings is 1. The molecule has 1 amide bonds. The van der Waals surface area contributed by atoms with E-state index in [1.807, 2.05) is 50.2 Å². The van der Waals surface area contributed by atoms with Crippen LogP contribution in [-0.2, 0) is 20.6 Å². The number of aryl methyl sites for hydroxylation is 1. The molecule has 0 aliphatic carbocycles. The van der Waals surface area contributed by atoms with Crippen molar-refractivity contribution in [3.8, 4) is 5.75 Å². The van der Waals surface area contributed by atoms with Gasteiger partial charge in [-0.25, -0.2) is 12.7 Å². The lowest BCUT2D eigenvalue weighted by molar-refractivity contribution is -0.126. The Labute approximate surface area is 198 Å². The smallest absolute Gasteiger partial charge is 0.223 e. The third-order valence-electron chi connectivity index (χ3n) is 6.48. The van der Waals surface area contributed by atoms with Crippen LogP contribution in [0.15, 0.2) is 42.5 Å². The molecular weight excluding hydrogens is 436 g/mol. The van der Waals surface area contributed by atoms with Crippen LogP contribution in [0, 0.1) is 12.8 Å². The average Bonchev–Trinajstić information content (AvgIpc) is 2.78. The number of nitrogens with zero attached hydrogens (tertiary/aromatic N) is 1. The summed E-state index contributed by atoms with van der Waals surface area (Å²) in [7, 11) is -1.71. The number of amides is 1. The SMILES string of the molecule is COc1cc(C)c([C@@H](C)NC(=O)C2CCN(S(=O)(=O)Cc3ccccc3)CC2)cc1C(C)C. The van der Waals surface area contributed by atoms with E-state index >= 15 is 0 Å². The van der Waals surface area contributed by atoms with Gasteiger partial charge >= 0.3 is 0 Å². The number of nitrogens with one attached hydrogen (secondary N) is 1. The molecule has 1 aliphatic rings. The van der Waals surface area contributed by atoms with Crippen LogP contribution in [0.5, 0.6) is 5.75 Å². The Hall–Kier alpha value is -2.38. The van der Waals surface area contributed by atoms with E-state index < -0.39 is 10.0 Å². The second-order valence-corrected chi connectivity index (χ2v) is 11.2. The quantitative estimate of drug-likeness (QED) is 0.612. The number of benzene rings is 2. The second-order valence-electron chi connectivity index (χ2n) is 9.25. The van der Waals surface area contributed by atoms with Crippen molar-refractivity contribution in [1.82, 2.24) is 9.62 Å². The Morgan fingerprint density at radius 1 is 1.09 bits per heavy atom. The van der Waals surface area contributed by atoms with Crippen molar-refractivity contribution >= 4 is 15.9 Å². The first-order valence-corrected chi connectivity index (χ1v) is 13.2. The van der Waals surface area contributed by atoms with Gasteiger partial charge in [0.05, 0.1) is 18.9 Å². The summed E-state index contributed by atoms with van der Waals surface area (Å²) in [6.45, 7) is 9.03. The molecule has 0 saturated carbocycles. The van der Waals surface area contributed by atoms with Crippen LogP contribution in [-0.4, -0.2) is 38.8 Å². The zero-order valence-corrected chi connectivity index (χ0v) is 21.1. The molecule has 1 heterocycles. The molecular formula is C26H36N2O4S. The van der Waals surface area contributed by atoms with Gasteiger partial charge in [-0.1, -0.05) is 44.2 Å². The first kappa shape index (κ1) is 25.2. The zero-order valence-electron chi connectivity index (χ0n) is 20.3. The van der Waals surface area contributed by atoms with Gasteiger partial charge in [0.15, 0.2) is 0 Å². The minimum absolute atomic E-state index is 0.00331. The van der Waals surface area contributed by atoms with Crippen LogP contribution in [0.25, 0.3) is 0 Å². The Morgan fingerprint density at radius 2 is 1.73 bits per heavy atom. The van der Waals surface area contributed by atoms with Gasteiger partial charge in [0.1, 0.15) is 5.75 Å². The maximum Gasteiger partial charge on any atom is 0.223 e. The van der Waals surface area contributed by atoms with Gasteiger partial charge in [0.2, 0.25) is 15.9 Å². The Balaban J connectivity index is 1.61. The fourth-order valence-electron chi connectivity index (χ4n) is 4.49. The van der Waals surface area contributed by atoms with Crippen molar-refractivity contribution in [2.24, 2.45) is 5.92 Å². The number of sulfonamides is 1. The highest BCUT2D eigenvalue weighted by Crippen LogP contribution is 2.32. The summed E-state index contributed by atoms with van der Waals surface area (Å²) in [5.41, 5.74) is 4.06. The Morgan fingerprint density at radius 3 is 2.30 bits per heavy atom. The van der Waals surface area contributed by atoms with Crippen LogP contribution in [0.3, 0.4) is 0 Å². The number of hydrogen-bond donors (Lipinski definition) is 1. The van der Waals surface area contributed by atoms with Crippen molar-refractivity contribution in [2.45, 2.75) is 58.2 Å². The molecule has 0 bridgehead atoms. The number of hydrogen-bond acceptors (Lipinski definition) is 4. The monoisotopic (exact) mass is 472 g/mol. The van der Waals surface area contributed by atoms with Crippen LogP contribution in [0.4, 0.5) is 0 Å². The molecule has 2 aromatic carbocycles. The van der Waals surface area contributed by atoms with Crippen molar-refractivity contribution < 1.29 is 17.9 Å². The summed E-state index contributed by atoms with van der Waals surface area (Å²) in [4.78, 5) is 13.0. The van der Waals surface area contributed by atoms with Crippen molar-refractivity contribution in [1.29, 1.82) is 0 Å². The number of methoxy groups -OCH3 is 1. The standard InChI is InChI=1S/C26H36N2O4S/c1-18(2)23-16-24(19(3)15-25(23)32-5)20(4)27-26(29)22-11-13-28(14-12-22)33(30,31)17-21-9-7-6-8-10-21/h6-10,15-16,18,20,22H,11-14,17H2,1-5H3,(H,27,29)/t20-/m1/s1. The summed E-state index contributed by atoms with van der Waals surface area (Å²) in [6.07, 6.45) is 1.07. The number of ether oxygens (including phenoxy) is 1. The van der Waals surface area contributed by atoms with E-state index in [9.17, 15) is 13.2 Å². The minimum atomic E-state index is -3.39. The molecule has 1 N–H and O–H groups in total. The van der Waals surface area contributed by atoms with Crippen LogP contribution >= 0.6 is 0 Å². The lowest BCUT2D eigenvalue weighted by Crippen LogP contribution is -2.43. The van der Waals surface area contributed by atoms with E-state index in [4.69, 9.17) is 4.74 Å². The normalized spacial score (nSPS) is 16.5. The molecule has 2 aromatic rings. The third kappa shape index (κ3) is 6.15. The first-order chi connectivity index (χ1) is 15.6.